The number of rotatable bonds is 1. The molecule has 0 atom stereocenters. The van der Waals surface area contributed by atoms with E-state index >= 15 is 0 Å². The Kier molecular flexibility index (Phi) is 2.45. The second kappa shape index (κ2) is 3.40. The van der Waals surface area contributed by atoms with Gasteiger partial charge in [-0.3, -0.25) is 0 Å². The smallest absolute Gasteiger partial charge is 0.261 e. The molecule has 0 bridgehead atoms. The quantitative estimate of drug-likeness (QED) is 0.743. The summed E-state index contributed by atoms with van der Waals surface area (Å²) < 4.78 is 24.1. The summed E-state index contributed by atoms with van der Waals surface area (Å²) in [6.07, 6.45) is 1.81. The van der Waals surface area contributed by atoms with Crippen LogP contribution in [-0.2, 0) is 16.1 Å². The molecule has 2 rings (SSSR count). The Hall–Kier alpha value is -0.710. The third kappa shape index (κ3) is 1.85. The van der Waals surface area contributed by atoms with Crippen molar-refractivity contribution in [2.24, 2.45) is 7.05 Å². The van der Waals surface area contributed by atoms with Crippen LogP contribution in [-0.4, -0.2) is 13.0 Å². The van der Waals surface area contributed by atoms with Crippen molar-refractivity contribution in [3.8, 4) is 0 Å². The minimum Gasteiger partial charge on any atom is -0.350 e. The van der Waals surface area contributed by atoms with Crippen molar-refractivity contribution in [2.75, 3.05) is 0 Å². The van der Waals surface area contributed by atoms with Crippen LogP contribution in [0.2, 0.25) is 5.02 Å². The molecule has 0 saturated carbocycles. The SMILES string of the molecule is Cn1ccc2c(Cl)cc(S(=O)(=O)Cl)cc21. The average molecular weight is 264 g/mol. The molecule has 80 valence electrons. The lowest BCUT2D eigenvalue weighted by atomic mass is 10.2. The van der Waals surface area contributed by atoms with Gasteiger partial charge in [0, 0.05) is 29.3 Å². The van der Waals surface area contributed by atoms with Crippen LogP contribution in [0.5, 0.6) is 0 Å². The number of aromatic nitrogens is 1. The lowest BCUT2D eigenvalue weighted by molar-refractivity contribution is 0.609. The van der Waals surface area contributed by atoms with Crippen molar-refractivity contribution in [2.45, 2.75) is 4.90 Å². The molecule has 2 aromatic rings. The molecule has 1 aromatic heterocycles. The van der Waals surface area contributed by atoms with E-state index < -0.39 is 9.05 Å². The van der Waals surface area contributed by atoms with E-state index in [1.165, 1.54) is 12.1 Å². The topological polar surface area (TPSA) is 39.1 Å². The first-order valence-corrected chi connectivity index (χ1v) is 6.77. The lowest BCUT2D eigenvalue weighted by Gasteiger charge is -2.01. The fourth-order valence-corrected chi connectivity index (χ4v) is 2.56. The number of benzene rings is 1. The third-order valence-electron chi connectivity index (χ3n) is 2.21. The zero-order valence-corrected chi connectivity index (χ0v) is 10.1. The minimum absolute atomic E-state index is 0.0171. The van der Waals surface area contributed by atoms with Gasteiger partial charge in [-0.2, -0.15) is 0 Å². The van der Waals surface area contributed by atoms with Gasteiger partial charge in [0.15, 0.2) is 0 Å². The van der Waals surface area contributed by atoms with Gasteiger partial charge in [0.25, 0.3) is 9.05 Å². The number of halogens is 2. The normalized spacial score (nSPS) is 12.2. The maximum absolute atomic E-state index is 11.2. The number of nitrogens with zero attached hydrogens (tertiary/aromatic N) is 1. The van der Waals surface area contributed by atoms with Gasteiger partial charge in [-0.15, -0.1) is 0 Å². The Morgan fingerprint density at radius 1 is 1.33 bits per heavy atom. The molecule has 1 heterocycles. The van der Waals surface area contributed by atoms with Gasteiger partial charge < -0.3 is 4.57 Å². The number of hydrogen-bond acceptors (Lipinski definition) is 2. The number of fused-ring (bicyclic) bond motifs is 1. The fourth-order valence-electron chi connectivity index (χ4n) is 1.44. The van der Waals surface area contributed by atoms with Crippen LogP contribution in [0.1, 0.15) is 0 Å². The summed E-state index contributed by atoms with van der Waals surface area (Å²) in [6, 6.07) is 4.68. The van der Waals surface area contributed by atoms with Crippen LogP contribution in [0.25, 0.3) is 10.9 Å². The average Bonchev–Trinajstić information content (AvgIpc) is 2.47. The summed E-state index contributed by atoms with van der Waals surface area (Å²) >= 11 is 5.95. The summed E-state index contributed by atoms with van der Waals surface area (Å²) in [4.78, 5) is 0.0171. The summed E-state index contributed by atoms with van der Waals surface area (Å²) in [6.45, 7) is 0. The van der Waals surface area contributed by atoms with Crippen LogP contribution in [0.4, 0.5) is 0 Å². The van der Waals surface area contributed by atoms with Gasteiger partial charge in [-0.1, -0.05) is 11.6 Å². The van der Waals surface area contributed by atoms with Crippen molar-refractivity contribution in [3.05, 3.63) is 29.4 Å². The van der Waals surface area contributed by atoms with Gasteiger partial charge in [0.05, 0.1) is 15.4 Å². The molecule has 0 aliphatic heterocycles. The van der Waals surface area contributed by atoms with Crippen molar-refractivity contribution in [1.29, 1.82) is 0 Å². The molecule has 0 radical (unpaired) electrons. The molecule has 6 heteroatoms. The van der Waals surface area contributed by atoms with E-state index in [1.54, 1.807) is 10.8 Å². The van der Waals surface area contributed by atoms with E-state index in [-0.39, 0.29) is 4.90 Å². The lowest BCUT2D eigenvalue weighted by Crippen LogP contribution is -1.92. The zero-order valence-electron chi connectivity index (χ0n) is 7.74. The summed E-state index contributed by atoms with van der Waals surface area (Å²) in [7, 11) is 3.33. The monoisotopic (exact) mass is 263 g/mol. The highest BCUT2D eigenvalue weighted by Crippen LogP contribution is 2.29. The van der Waals surface area contributed by atoms with E-state index in [4.69, 9.17) is 22.3 Å². The van der Waals surface area contributed by atoms with E-state index in [2.05, 4.69) is 0 Å². The van der Waals surface area contributed by atoms with Crippen LogP contribution < -0.4 is 0 Å². The van der Waals surface area contributed by atoms with Crippen molar-refractivity contribution >= 4 is 42.2 Å². The third-order valence-corrected chi connectivity index (χ3v) is 3.85. The Labute approximate surface area is 96.6 Å². The number of aryl methyl sites for hydroxylation is 1. The van der Waals surface area contributed by atoms with E-state index in [1.807, 2.05) is 13.1 Å². The molecule has 0 saturated heterocycles. The van der Waals surface area contributed by atoms with E-state index in [9.17, 15) is 8.42 Å². The molecule has 3 nitrogen and oxygen atoms in total. The molecule has 0 N–H and O–H groups in total. The first-order chi connectivity index (χ1) is 6.89. The molecular weight excluding hydrogens is 257 g/mol. The van der Waals surface area contributed by atoms with Gasteiger partial charge in [-0.05, 0) is 18.2 Å². The van der Waals surface area contributed by atoms with Crippen molar-refractivity contribution < 1.29 is 8.42 Å². The van der Waals surface area contributed by atoms with Gasteiger partial charge in [0.1, 0.15) is 0 Å². The highest BCUT2D eigenvalue weighted by atomic mass is 35.7. The minimum atomic E-state index is -3.74. The standard InChI is InChI=1S/C9H7Cl2NO2S/c1-12-3-2-7-8(10)4-6(5-9(7)12)15(11,13)14/h2-5H,1H3. The molecule has 0 fully saturated rings. The van der Waals surface area contributed by atoms with Crippen LogP contribution in [0, 0.1) is 0 Å². The molecule has 0 unspecified atom stereocenters. The molecule has 0 spiro atoms. The maximum Gasteiger partial charge on any atom is 0.261 e. The highest BCUT2D eigenvalue weighted by molar-refractivity contribution is 8.13. The van der Waals surface area contributed by atoms with Crippen LogP contribution >= 0.6 is 22.3 Å². The summed E-state index contributed by atoms with van der Waals surface area (Å²) in [5.41, 5.74) is 0.738. The summed E-state index contributed by atoms with van der Waals surface area (Å²) in [5.74, 6) is 0. The van der Waals surface area contributed by atoms with Crippen molar-refractivity contribution in [1.82, 2.24) is 4.57 Å². The predicted octanol–water partition coefficient (Wildman–Crippen LogP) is 2.76. The number of hydrogen-bond donors (Lipinski definition) is 0. The largest absolute Gasteiger partial charge is 0.350 e. The Bertz CT molecular complexity index is 631. The van der Waals surface area contributed by atoms with Gasteiger partial charge in [-0.25, -0.2) is 8.42 Å². The van der Waals surface area contributed by atoms with Crippen molar-refractivity contribution in [3.63, 3.8) is 0 Å². The molecule has 1 aromatic carbocycles. The Balaban J connectivity index is 2.88. The Morgan fingerprint density at radius 3 is 2.60 bits per heavy atom. The fraction of sp³-hybridized carbons (Fsp3) is 0.111. The second-order valence-corrected chi connectivity index (χ2v) is 6.18. The molecule has 0 amide bonds. The van der Waals surface area contributed by atoms with E-state index in [0.29, 0.717) is 5.02 Å². The highest BCUT2D eigenvalue weighted by Gasteiger charge is 2.14. The van der Waals surface area contributed by atoms with E-state index in [0.717, 1.165) is 10.9 Å². The maximum atomic E-state index is 11.2. The first-order valence-electron chi connectivity index (χ1n) is 4.09. The van der Waals surface area contributed by atoms with Gasteiger partial charge in [0.2, 0.25) is 0 Å². The summed E-state index contributed by atoms with van der Waals surface area (Å²) in [5, 5.41) is 1.19. The predicted molar refractivity (Wildman–Crippen MR) is 61.0 cm³/mol. The molecule has 0 aliphatic rings. The zero-order chi connectivity index (χ0) is 11.2. The van der Waals surface area contributed by atoms with Crippen LogP contribution in [0.3, 0.4) is 0 Å². The Morgan fingerprint density at radius 2 is 2.00 bits per heavy atom. The second-order valence-electron chi connectivity index (χ2n) is 3.20. The van der Waals surface area contributed by atoms with Crippen LogP contribution in [0.15, 0.2) is 29.3 Å². The first kappa shape index (κ1) is 10.8. The molecule has 15 heavy (non-hydrogen) atoms. The van der Waals surface area contributed by atoms with Gasteiger partial charge >= 0.3 is 0 Å². The molecule has 0 aliphatic carbocycles. The molecular formula is C9H7Cl2NO2S.